The summed E-state index contributed by atoms with van der Waals surface area (Å²) in [7, 11) is 0. The molecular formula is C15H17N3O3. The van der Waals surface area contributed by atoms with Crippen molar-refractivity contribution in [3.05, 3.63) is 36.0 Å². The molecule has 0 bridgehead atoms. The lowest BCUT2D eigenvalue weighted by molar-refractivity contribution is -0.150. The molecule has 0 spiro atoms. The molecule has 2 aromatic rings. The van der Waals surface area contributed by atoms with Crippen LogP contribution >= 0.6 is 0 Å². The molecule has 3 rings (SSSR count). The number of rotatable bonds is 2. The molecule has 2 amide bonds. The first kappa shape index (κ1) is 13.6. The number of benzene rings is 1. The minimum atomic E-state index is -1.13. The number of carbonyl (C=O) groups excluding carboxylic acids is 2. The molecule has 2 heterocycles. The molecule has 110 valence electrons. The van der Waals surface area contributed by atoms with Crippen molar-refractivity contribution in [2.24, 2.45) is 5.73 Å². The molecule has 21 heavy (non-hydrogen) atoms. The van der Waals surface area contributed by atoms with E-state index in [2.05, 4.69) is 4.98 Å². The van der Waals surface area contributed by atoms with Gasteiger partial charge in [-0.2, -0.15) is 0 Å². The van der Waals surface area contributed by atoms with Gasteiger partial charge in [-0.1, -0.05) is 18.2 Å². The van der Waals surface area contributed by atoms with Crippen LogP contribution in [-0.4, -0.2) is 47.0 Å². The molecule has 1 saturated heterocycles. The van der Waals surface area contributed by atoms with Gasteiger partial charge in [0.25, 0.3) is 11.8 Å². The van der Waals surface area contributed by atoms with E-state index in [-0.39, 0.29) is 12.5 Å². The van der Waals surface area contributed by atoms with Gasteiger partial charge in [0.15, 0.2) is 5.60 Å². The van der Waals surface area contributed by atoms with E-state index < -0.39 is 11.5 Å². The van der Waals surface area contributed by atoms with Crippen LogP contribution < -0.4 is 5.73 Å². The zero-order valence-corrected chi connectivity index (χ0v) is 11.8. The predicted octanol–water partition coefficient (Wildman–Crippen LogP) is 0.884. The number of nitrogens with two attached hydrogens (primary N) is 1. The van der Waals surface area contributed by atoms with Crippen molar-refractivity contribution in [2.75, 3.05) is 19.7 Å². The number of carbonyl (C=O) groups is 2. The molecular weight excluding hydrogens is 270 g/mol. The van der Waals surface area contributed by atoms with Crippen LogP contribution in [0, 0.1) is 0 Å². The lowest BCUT2D eigenvalue weighted by Crippen LogP contribution is -2.58. The Labute approximate surface area is 121 Å². The minimum Gasteiger partial charge on any atom is -0.367 e. The smallest absolute Gasteiger partial charge is 0.270 e. The van der Waals surface area contributed by atoms with Gasteiger partial charge >= 0.3 is 0 Å². The number of nitrogens with one attached hydrogen (secondary N) is 1. The molecule has 0 aliphatic carbocycles. The van der Waals surface area contributed by atoms with Crippen molar-refractivity contribution in [3.63, 3.8) is 0 Å². The van der Waals surface area contributed by atoms with Gasteiger partial charge in [0, 0.05) is 17.4 Å². The number of amides is 2. The van der Waals surface area contributed by atoms with Crippen LogP contribution in [-0.2, 0) is 9.53 Å². The van der Waals surface area contributed by atoms with Gasteiger partial charge in [-0.05, 0) is 19.1 Å². The van der Waals surface area contributed by atoms with Gasteiger partial charge in [0.2, 0.25) is 0 Å². The van der Waals surface area contributed by atoms with E-state index in [9.17, 15) is 9.59 Å². The molecule has 1 aliphatic rings. The third kappa shape index (κ3) is 2.38. The summed E-state index contributed by atoms with van der Waals surface area (Å²) in [5.74, 6) is -0.710. The van der Waals surface area contributed by atoms with Crippen molar-refractivity contribution in [3.8, 4) is 0 Å². The van der Waals surface area contributed by atoms with E-state index in [1.165, 1.54) is 0 Å². The molecule has 1 aromatic carbocycles. The largest absolute Gasteiger partial charge is 0.367 e. The maximum Gasteiger partial charge on any atom is 0.270 e. The van der Waals surface area contributed by atoms with Crippen molar-refractivity contribution < 1.29 is 14.3 Å². The summed E-state index contributed by atoms with van der Waals surface area (Å²) in [5, 5.41) is 0.978. The SMILES string of the molecule is CC1(C(N)=O)CN(C(=O)c2cc3ccccc3[nH]2)CCO1. The van der Waals surface area contributed by atoms with Crippen LogP contribution in [0.15, 0.2) is 30.3 Å². The number of morpholine rings is 1. The lowest BCUT2D eigenvalue weighted by atomic mass is 10.0. The first-order valence-corrected chi connectivity index (χ1v) is 6.80. The van der Waals surface area contributed by atoms with Crippen molar-refractivity contribution >= 4 is 22.7 Å². The van der Waals surface area contributed by atoms with Crippen LogP contribution in [0.3, 0.4) is 0 Å². The number of aromatic amines is 1. The van der Waals surface area contributed by atoms with Crippen LogP contribution in [0.2, 0.25) is 0 Å². The Morgan fingerprint density at radius 3 is 2.86 bits per heavy atom. The zero-order valence-electron chi connectivity index (χ0n) is 11.8. The Balaban J connectivity index is 1.86. The molecule has 6 heteroatoms. The van der Waals surface area contributed by atoms with Gasteiger partial charge < -0.3 is 20.4 Å². The van der Waals surface area contributed by atoms with E-state index in [0.29, 0.717) is 18.8 Å². The molecule has 1 fully saturated rings. The number of nitrogens with zero attached hydrogens (tertiary/aromatic N) is 1. The van der Waals surface area contributed by atoms with Crippen LogP contribution in [0.4, 0.5) is 0 Å². The highest BCUT2D eigenvalue weighted by atomic mass is 16.5. The van der Waals surface area contributed by atoms with Crippen LogP contribution in [0.1, 0.15) is 17.4 Å². The Morgan fingerprint density at radius 1 is 1.38 bits per heavy atom. The fourth-order valence-corrected chi connectivity index (χ4v) is 2.55. The number of primary amides is 1. The van der Waals surface area contributed by atoms with E-state index >= 15 is 0 Å². The maximum absolute atomic E-state index is 12.6. The number of hydrogen-bond donors (Lipinski definition) is 2. The quantitative estimate of drug-likeness (QED) is 0.859. The summed E-state index contributed by atoms with van der Waals surface area (Å²) >= 11 is 0. The van der Waals surface area contributed by atoms with Gasteiger partial charge in [-0.25, -0.2) is 0 Å². The number of para-hydroxylation sites is 1. The number of H-pyrrole nitrogens is 1. The second kappa shape index (κ2) is 4.89. The first-order chi connectivity index (χ1) is 9.99. The van der Waals surface area contributed by atoms with E-state index in [0.717, 1.165) is 10.9 Å². The summed E-state index contributed by atoms with van der Waals surface area (Å²) in [6.45, 7) is 2.51. The summed E-state index contributed by atoms with van der Waals surface area (Å²) in [6, 6.07) is 9.50. The minimum absolute atomic E-state index is 0.151. The third-order valence-electron chi connectivity index (χ3n) is 3.84. The second-order valence-corrected chi connectivity index (χ2v) is 5.44. The summed E-state index contributed by atoms with van der Waals surface area (Å²) < 4.78 is 5.42. The lowest BCUT2D eigenvalue weighted by Gasteiger charge is -2.38. The Bertz CT molecular complexity index is 676. The topological polar surface area (TPSA) is 88.4 Å². The molecule has 0 radical (unpaired) electrons. The molecule has 1 atom stereocenters. The Hall–Kier alpha value is -2.34. The zero-order chi connectivity index (χ0) is 15.0. The van der Waals surface area contributed by atoms with E-state index in [1.807, 2.05) is 30.3 Å². The monoisotopic (exact) mass is 287 g/mol. The van der Waals surface area contributed by atoms with Crippen LogP contribution in [0.5, 0.6) is 0 Å². The van der Waals surface area contributed by atoms with Gasteiger partial charge in [-0.3, -0.25) is 9.59 Å². The maximum atomic E-state index is 12.6. The molecule has 1 unspecified atom stereocenters. The standard InChI is InChI=1S/C15H17N3O3/c1-15(14(16)20)9-18(6-7-21-15)13(19)12-8-10-4-2-3-5-11(10)17-12/h2-5,8,17H,6-7,9H2,1H3,(H2,16,20). The highest BCUT2D eigenvalue weighted by Crippen LogP contribution is 2.21. The molecule has 1 aliphatic heterocycles. The molecule has 0 saturated carbocycles. The fourth-order valence-electron chi connectivity index (χ4n) is 2.55. The predicted molar refractivity (Wildman–Crippen MR) is 77.8 cm³/mol. The van der Waals surface area contributed by atoms with Gasteiger partial charge in [-0.15, -0.1) is 0 Å². The molecule has 3 N–H and O–H groups in total. The number of aromatic nitrogens is 1. The normalized spacial score (nSPS) is 22.4. The summed E-state index contributed by atoms with van der Waals surface area (Å²) in [6.07, 6.45) is 0. The number of ether oxygens (including phenoxy) is 1. The van der Waals surface area contributed by atoms with Crippen molar-refractivity contribution in [2.45, 2.75) is 12.5 Å². The Morgan fingerprint density at radius 2 is 2.14 bits per heavy atom. The molecule has 6 nitrogen and oxygen atoms in total. The fraction of sp³-hybridized carbons (Fsp3) is 0.333. The first-order valence-electron chi connectivity index (χ1n) is 6.80. The summed E-state index contributed by atoms with van der Waals surface area (Å²) in [4.78, 5) is 28.7. The van der Waals surface area contributed by atoms with Crippen LogP contribution in [0.25, 0.3) is 10.9 Å². The van der Waals surface area contributed by atoms with Gasteiger partial charge in [0.1, 0.15) is 5.69 Å². The highest BCUT2D eigenvalue weighted by Gasteiger charge is 2.39. The van der Waals surface area contributed by atoms with Crippen molar-refractivity contribution in [1.29, 1.82) is 0 Å². The number of fused-ring (bicyclic) bond motifs is 1. The van der Waals surface area contributed by atoms with Gasteiger partial charge in [0.05, 0.1) is 13.2 Å². The molecule has 1 aromatic heterocycles. The summed E-state index contributed by atoms with van der Waals surface area (Å²) in [5.41, 5.74) is 5.64. The second-order valence-electron chi connectivity index (χ2n) is 5.44. The van der Waals surface area contributed by atoms with Crippen molar-refractivity contribution in [1.82, 2.24) is 9.88 Å². The highest BCUT2D eigenvalue weighted by molar-refractivity contribution is 5.98. The van der Waals surface area contributed by atoms with E-state index in [4.69, 9.17) is 10.5 Å². The average Bonchev–Trinajstić information content (AvgIpc) is 2.90. The third-order valence-corrected chi connectivity index (χ3v) is 3.84. The Kier molecular flexibility index (Phi) is 3.17. The van der Waals surface area contributed by atoms with E-state index in [1.54, 1.807) is 11.8 Å². The average molecular weight is 287 g/mol. The number of hydrogen-bond acceptors (Lipinski definition) is 3.